The molecule has 0 radical (unpaired) electrons. The van der Waals surface area contributed by atoms with E-state index in [1.54, 1.807) is 30.3 Å². The highest BCUT2D eigenvalue weighted by Gasteiger charge is 2.33. The molecule has 1 saturated heterocycles. The summed E-state index contributed by atoms with van der Waals surface area (Å²) < 4.78 is 5.79. The maximum absolute atomic E-state index is 12.4. The summed E-state index contributed by atoms with van der Waals surface area (Å²) in [5.74, 6) is 1.00. The van der Waals surface area contributed by atoms with Crippen molar-refractivity contribution in [2.45, 2.75) is 0 Å². The van der Waals surface area contributed by atoms with Crippen molar-refractivity contribution in [3.8, 4) is 11.3 Å². The number of nitrogens with zero attached hydrogens (tertiary/aromatic N) is 2. The number of hydrogen-bond donors (Lipinski definition) is 0. The lowest BCUT2D eigenvalue weighted by Gasteiger charge is -2.14. The van der Waals surface area contributed by atoms with E-state index in [4.69, 9.17) is 16.6 Å². The second-order valence-corrected chi connectivity index (χ2v) is 7.24. The molecule has 2 heterocycles. The topological polar surface area (TPSA) is 76.6 Å². The van der Waals surface area contributed by atoms with E-state index >= 15 is 0 Å². The Balaban J connectivity index is 1.61. The predicted octanol–water partition coefficient (Wildman–Crippen LogP) is 5.90. The molecule has 138 valence electrons. The number of benzene rings is 2. The Morgan fingerprint density at radius 3 is 2.61 bits per heavy atom. The largest absolute Gasteiger partial charge is 0.457 e. The van der Waals surface area contributed by atoms with Gasteiger partial charge in [0.2, 0.25) is 0 Å². The lowest BCUT2D eigenvalue weighted by molar-refractivity contribution is -0.384. The van der Waals surface area contributed by atoms with E-state index in [0.717, 1.165) is 11.8 Å². The van der Waals surface area contributed by atoms with Gasteiger partial charge in [-0.2, -0.15) is 0 Å². The third-order valence-corrected chi connectivity index (χ3v) is 5.47. The standard InChI is InChI=1S/C20H12N2O4S2/c23-20-21(14-6-2-1-3-7-14)19(27)18(28-20)12-16-9-10-17(26-16)13-5-4-8-15(11-13)22(24)25/h1-12H/b18-12-. The van der Waals surface area contributed by atoms with Crippen LogP contribution in [0, 0.1) is 10.1 Å². The Morgan fingerprint density at radius 2 is 1.86 bits per heavy atom. The molecule has 8 heteroatoms. The van der Waals surface area contributed by atoms with E-state index in [2.05, 4.69) is 0 Å². The lowest BCUT2D eigenvalue weighted by Crippen LogP contribution is -2.26. The van der Waals surface area contributed by atoms with Gasteiger partial charge in [0, 0.05) is 17.7 Å². The molecule has 0 N–H and O–H groups in total. The van der Waals surface area contributed by atoms with Crippen molar-refractivity contribution in [1.82, 2.24) is 0 Å². The number of non-ortho nitro benzene ring substituents is 1. The van der Waals surface area contributed by atoms with Crippen LogP contribution in [-0.4, -0.2) is 15.2 Å². The molecule has 0 spiro atoms. The second-order valence-electron chi connectivity index (χ2n) is 5.86. The van der Waals surface area contributed by atoms with Gasteiger partial charge in [-0.15, -0.1) is 0 Å². The summed E-state index contributed by atoms with van der Waals surface area (Å²) in [6, 6.07) is 18.9. The van der Waals surface area contributed by atoms with Gasteiger partial charge in [0.1, 0.15) is 16.5 Å². The first-order valence-corrected chi connectivity index (χ1v) is 9.43. The van der Waals surface area contributed by atoms with Crippen molar-refractivity contribution < 1.29 is 14.1 Å². The van der Waals surface area contributed by atoms with Crippen LogP contribution < -0.4 is 4.90 Å². The van der Waals surface area contributed by atoms with Crippen LogP contribution in [-0.2, 0) is 0 Å². The van der Waals surface area contributed by atoms with Gasteiger partial charge in [-0.3, -0.25) is 19.8 Å². The third-order valence-electron chi connectivity index (χ3n) is 4.05. The molecule has 1 aliphatic heterocycles. The molecule has 0 bridgehead atoms. The van der Waals surface area contributed by atoms with Crippen LogP contribution in [0.25, 0.3) is 17.4 Å². The second kappa shape index (κ2) is 7.41. The van der Waals surface area contributed by atoms with Crippen molar-refractivity contribution in [1.29, 1.82) is 0 Å². The van der Waals surface area contributed by atoms with Gasteiger partial charge in [-0.25, -0.2) is 0 Å². The Labute approximate surface area is 169 Å². The number of furan rings is 1. The molecular weight excluding hydrogens is 396 g/mol. The van der Waals surface area contributed by atoms with E-state index in [9.17, 15) is 14.9 Å². The number of hydrogen-bond acceptors (Lipinski definition) is 6. The van der Waals surface area contributed by atoms with Gasteiger partial charge in [0.05, 0.1) is 15.5 Å². The monoisotopic (exact) mass is 408 g/mol. The number of carbonyl (C=O) groups is 1. The van der Waals surface area contributed by atoms with E-state index < -0.39 is 4.92 Å². The number of amides is 1. The minimum absolute atomic E-state index is 0.00886. The number of thiocarbonyl (C=S) groups is 1. The van der Waals surface area contributed by atoms with E-state index in [0.29, 0.717) is 32.7 Å². The highest BCUT2D eigenvalue weighted by atomic mass is 32.2. The summed E-state index contributed by atoms with van der Waals surface area (Å²) in [6.07, 6.45) is 1.70. The highest BCUT2D eigenvalue weighted by Crippen LogP contribution is 2.37. The Hall–Kier alpha value is -3.23. The van der Waals surface area contributed by atoms with Crippen molar-refractivity contribution in [2.75, 3.05) is 4.90 Å². The number of anilines is 1. The average molecular weight is 408 g/mol. The average Bonchev–Trinajstić information content (AvgIpc) is 3.27. The summed E-state index contributed by atoms with van der Waals surface area (Å²) in [7, 11) is 0. The molecule has 0 aliphatic carbocycles. The molecule has 1 fully saturated rings. The van der Waals surface area contributed by atoms with Gasteiger partial charge in [-0.05, 0) is 42.1 Å². The Kier molecular flexibility index (Phi) is 4.81. The quantitative estimate of drug-likeness (QED) is 0.232. The Bertz CT molecular complexity index is 1120. The van der Waals surface area contributed by atoms with Crippen LogP contribution in [0.5, 0.6) is 0 Å². The zero-order chi connectivity index (χ0) is 19.7. The van der Waals surface area contributed by atoms with Crippen LogP contribution in [0.1, 0.15) is 5.76 Å². The van der Waals surface area contributed by atoms with Crippen molar-refractivity contribution in [2.24, 2.45) is 0 Å². The molecule has 1 amide bonds. The maximum Gasteiger partial charge on any atom is 0.296 e. The molecule has 6 nitrogen and oxygen atoms in total. The maximum atomic E-state index is 12.4. The molecule has 4 rings (SSSR count). The molecular formula is C20H12N2O4S2. The molecule has 1 aromatic heterocycles. The van der Waals surface area contributed by atoms with Crippen LogP contribution in [0.2, 0.25) is 0 Å². The fraction of sp³-hybridized carbons (Fsp3) is 0. The van der Waals surface area contributed by atoms with Crippen LogP contribution in [0.3, 0.4) is 0 Å². The number of rotatable bonds is 4. The van der Waals surface area contributed by atoms with Gasteiger partial charge in [-0.1, -0.05) is 42.5 Å². The number of carbonyl (C=O) groups excluding carboxylic acids is 1. The summed E-state index contributed by atoms with van der Waals surface area (Å²) >= 11 is 6.51. The van der Waals surface area contributed by atoms with Gasteiger partial charge < -0.3 is 4.42 Å². The van der Waals surface area contributed by atoms with Crippen LogP contribution >= 0.6 is 24.0 Å². The van der Waals surface area contributed by atoms with Crippen LogP contribution in [0.15, 0.2) is 76.1 Å². The van der Waals surface area contributed by atoms with Crippen molar-refractivity contribution >= 4 is 51.7 Å². The first-order chi connectivity index (χ1) is 13.5. The SMILES string of the molecule is O=C1S/C(=C\c2ccc(-c3cccc([N+](=O)[O-])c3)o2)C(=S)N1c1ccccc1. The lowest BCUT2D eigenvalue weighted by atomic mass is 10.1. The molecule has 0 unspecified atom stereocenters. The first-order valence-electron chi connectivity index (χ1n) is 8.20. The zero-order valence-corrected chi connectivity index (χ0v) is 15.9. The fourth-order valence-corrected chi connectivity index (χ4v) is 4.01. The molecule has 28 heavy (non-hydrogen) atoms. The molecule has 2 aromatic carbocycles. The molecule has 1 aliphatic rings. The molecule has 0 atom stereocenters. The van der Waals surface area contributed by atoms with E-state index in [-0.39, 0.29) is 10.9 Å². The highest BCUT2D eigenvalue weighted by molar-refractivity contribution is 8.20. The van der Waals surface area contributed by atoms with E-state index in [1.165, 1.54) is 17.0 Å². The number of para-hydroxylation sites is 1. The molecule has 3 aromatic rings. The first kappa shape index (κ1) is 18.1. The van der Waals surface area contributed by atoms with Gasteiger partial charge in [0.15, 0.2) is 0 Å². The summed E-state index contributed by atoms with van der Waals surface area (Å²) in [5, 5.41) is 10.8. The smallest absolute Gasteiger partial charge is 0.296 e. The number of nitro groups is 1. The number of nitro benzene ring substituents is 1. The summed E-state index contributed by atoms with van der Waals surface area (Å²) in [5.41, 5.74) is 1.30. The third kappa shape index (κ3) is 3.47. The van der Waals surface area contributed by atoms with Crippen LogP contribution in [0.4, 0.5) is 16.2 Å². The van der Waals surface area contributed by atoms with Crippen molar-refractivity contribution in [3.05, 3.63) is 87.5 Å². The van der Waals surface area contributed by atoms with Crippen molar-refractivity contribution in [3.63, 3.8) is 0 Å². The minimum atomic E-state index is -0.452. The van der Waals surface area contributed by atoms with Gasteiger partial charge >= 0.3 is 0 Å². The summed E-state index contributed by atoms with van der Waals surface area (Å²) in [4.78, 5) is 25.4. The normalized spacial score (nSPS) is 15.4. The fourth-order valence-electron chi connectivity index (χ4n) is 2.75. The Morgan fingerprint density at radius 1 is 1.07 bits per heavy atom. The van der Waals surface area contributed by atoms with Gasteiger partial charge in [0.25, 0.3) is 10.9 Å². The molecule has 0 saturated carbocycles. The van der Waals surface area contributed by atoms with E-state index in [1.807, 2.05) is 30.3 Å². The number of thioether (sulfide) groups is 1. The minimum Gasteiger partial charge on any atom is -0.457 e. The zero-order valence-electron chi connectivity index (χ0n) is 14.3. The predicted molar refractivity (Wildman–Crippen MR) is 113 cm³/mol. The summed E-state index contributed by atoms with van der Waals surface area (Å²) in [6.45, 7) is 0.